The molecule has 1 saturated heterocycles. The van der Waals surface area contributed by atoms with Crippen molar-refractivity contribution >= 4 is 12.3 Å². The summed E-state index contributed by atoms with van der Waals surface area (Å²) in [6.07, 6.45) is 12.2. The Labute approximate surface area is 138 Å². The molecule has 3 heteroatoms. The third-order valence-electron chi connectivity index (χ3n) is 4.67. The highest BCUT2D eigenvalue weighted by molar-refractivity contribution is 5.91. The van der Waals surface area contributed by atoms with Crippen LogP contribution in [0.25, 0.3) is 0 Å². The Morgan fingerprint density at radius 2 is 1.87 bits per heavy atom. The predicted octanol–water partition coefficient (Wildman–Crippen LogP) is 4.46. The summed E-state index contributed by atoms with van der Waals surface area (Å²) in [5, 5.41) is 0. The van der Waals surface area contributed by atoms with Crippen molar-refractivity contribution in [2.45, 2.75) is 58.5 Å². The molecule has 1 fully saturated rings. The van der Waals surface area contributed by atoms with Crippen molar-refractivity contribution in [3.63, 3.8) is 0 Å². The zero-order chi connectivity index (χ0) is 16.8. The van der Waals surface area contributed by atoms with Crippen LogP contribution in [-0.4, -0.2) is 18.4 Å². The lowest BCUT2D eigenvalue weighted by Crippen LogP contribution is -2.14. The molecule has 0 aromatic carbocycles. The summed E-state index contributed by atoms with van der Waals surface area (Å²) >= 11 is 0. The topological polar surface area (TPSA) is 43.4 Å². The van der Waals surface area contributed by atoms with Gasteiger partial charge in [-0.3, -0.25) is 4.79 Å². The SMILES string of the molecule is C=C1C(=O)OC2/C=C(/C)CC/C=C(\C=O)CC/C=C(\C)CC[C@@H]12. The average Bonchev–Trinajstić information content (AvgIpc) is 2.77. The molecule has 0 saturated carbocycles. The molecule has 0 N–H and O–H groups in total. The second kappa shape index (κ2) is 8.09. The predicted molar refractivity (Wildman–Crippen MR) is 91.9 cm³/mol. The maximum Gasteiger partial charge on any atom is 0.334 e. The van der Waals surface area contributed by atoms with Crippen molar-refractivity contribution in [3.8, 4) is 0 Å². The summed E-state index contributed by atoms with van der Waals surface area (Å²) in [6.45, 7) is 8.08. The van der Waals surface area contributed by atoms with Gasteiger partial charge in [0.2, 0.25) is 0 Å². The van der Waals surface area contributed by atoms with Gasteiger partial charge in [-0.15, -0.1) is 0 Å². The summed E-state index contributed by atoms with van der Waals surface area (Å²) in [7, 11) is 0. The summed E-state index contributed by atoms with van der Waals surface area (Å²) in [5.74, 6) is -0.192. The molecule has 2 atom stereocenters. The van der Waals surface area contributed by atoms with Crippen LogP contribution < -0.4 is 0 Å². The molecular weight excluding hydrogens is 288 g/mol. The fraction of sp³-hybridized carbons (Fsp3) is 0.500. The molecule has 124 valence electrons. The second-order valence-corrected chi connectivity index (χ2v) is 6.58. The minimum absolute atomic E-state index is 0.0739. The number of esters is 1. The zero-order valence-electron chi connectivity index (χ0n) is 14.1. The van der Waals surface area contributed by atoms with E-state index in [2.05, 4.69) is 32.6 Å². The lowest BCUT2D eigenvalue weighted by atomic mass is 9.89. The third kappa shape index (κ3) is 4.78. The molecule has 3 nitrogen and oxygen atoms in total. The molecule has 0 spiro atoms. The van der Waals surface area contributed by atoms with Crippen LogP contribution >= 0.6 is 0 Å². The third-order valence-corrected chi connectivity index (χ3v) is 4.67. The van der Waals surface area contributed by atoms with Gasteiger partial charge in [0.15, 0.2) is 0 Å². The fourth-order valence-corrected chi connectivity index (χ4v) is 3.15. The second-order valence-electron chi connectivity index (χ2n) is 6.58. The first-order valence-electron chi connectivity index (χ1n) is 8.38. The van der Waals surface area contributed by atoms with Crippen molar-refractivity contribution in [2.24, 2.45) is 5.92 Å². The maximum absolute atomic E-state index is 11.8. The van der Waals surface area contributed by atoms with E-state index >= 15 is 0 Å². The summed E-state index contributed by atoms with van der Waals surface area (Å²) in [6, 6.07) is 0. The van der Waals surface area contributed by atoms with E-state index in [1.807, 2.05) is 6.08 Å². The molecule has 0 aromatic rings. The quantitative estimate of drug-likeness (QED) is 0.311. The van der Waals surface area contributed by atoms with Crippen LogP contribution in [0.1, 0.15) is 52.4 Å². The van der Waals surface area contributed by atoms with E-state index in [9.17, 15) is 9.59 Å². The molecule has 1 unspecified atom stereocenters. The van der Waals surface area contributed by atoms with Gasteiger partial charge in [0.25, 0.3) is 0 Å². The van der Waals surface area contributed by atoms with Gasteiger partial charge in [0.1, 0.15) is 12.4 Å². The highest BCUT2D eigenvalue weighted by atomic mass is 16.5. The molecule has 1 heterocycles. The van der Waals surface area contributed by atoms with Crippen molar-refractivity contribution in [3.05, 3.63) is 47.1 Å². The highest BCUT2D eigenvalue weighted by Gasteiger charge is 2.36. The van der Waals surface area contributed by atoms with Gasteiger partial charge >= 0.3 is 5.97 Å². The Morgan fingerprint density at radius 3 is 2.61 bits per heavy atom. The first-order valence-corrected chi connectivity index (χ1v) is 8.38. The van der Waals surface area contributed by atoms with Gasteiger partial charge in [0.05, 0.1) is 0 Å². The lowest BCUT2D eigenvalue weighted by molar-refractivity contribution is -0.137. The lowest BCUT2D eigenvalue weighted by Gasteiger charge is -2.16. The van der Waals surface area contributed by atoms with E-state index in [4.69, 9.17) is 4.74 Å². The van der Waals surface area contributed by atoms with Crippen LogP contribution in [0.15, 0.2) is 47.1 Å². The molecular formula is C20H26O3. The molecule has 0 radical (unpaired) electrons. The van der Waals surface area contributed by atoms with Gasteiger partial charge in [0, 0.05) is 11.5 Å². The van der Waals surface area contributed by atoms with Crippen molar-refractivity contribution in [1.82, 2.24) is 0 Å². The van der Waals surface area contributed by atoms with Crippen LogP contribution in [0.3, 0.4) is 0 Å². The average molecular weight is 314 g/mol. The largest absolute Gasteiger partial charge is 0.454 e. The number of hydrogen-bond donors (Lipinski definition) is 0. The summed E-state index contributed by atoms with van der Waals surface area (Å²) < 4.78 is 5.48. The molecule has 2 rings (SSSR count). The Kier molecular flexibility index (Phi) is 6.14. The number of allylic oxidation sites excluding steroid dienone is 5. The number of carbonyl (C=O) groups is 2. The van der Waals surface area contributed by atoms with Crippen LogP contribution in [0.2, 0.25) is 0 Å². The van der Waals surface area contributed by atoms with Gasteiger partial charge < -0.3 is 4.74 Å². The van der Waals surface area contributed by atoms with Gasteiger partial charge in [-0.05, 0) is 64.0 Å². The van der Waals surface area contributed by atoms with Gasteiger partial charge in [-0.25, -0.2) is 4.79 Å². The first-order chi connectivity index (χ1) is 11.0. The molecule has 23 heavy (non-hydrogen) atoms. The van der Waals surface area contributed by atoms with Gasteiger partial charge in [-0.1, -0.05) is 29.9 Å². The standard InChI is InChI=1S/C20H26O3/c1-14-6-4-8-17(13-21)9-5-7-15(2)12-19-18(11-10-14)16(3)20(22)23-19/h6,9,12-13,18-19H,3-5,7-8,10-11H2,1-2H3/b14-6+,15-12-,17-9-/t18-,19?/m0/s1. The smallest absolute Gasteiger partial charge is 0.334 e. The Hall–Kier alpha value is -1.90. The van der Waals surface area contributed by atoms with Crippen molar-refractivity contribution in [1.29, 1.82) is 0 Å². The Bertz CT molecular complexity index is 578. The number of hydrogen-bond acceptors (Lipinski definition) is 3. The monoisotopic (exact) mass is 314 g/mol. The number of ether oxygens (including phenoxy) is 1. The molecule has 0 aromatic heterocycles. The van der Waals surface area contributed by atoms with E-state index in [1.54, 1.807) is 0 Å². The zero-order valence-corrected chi connectivity index (χ0v) is 14.1. The minimum atomic E-state index is -0.266. The molecule has 0 amide bonds. The minimum Gasteiger partial charge on any atom is -0.454 e. The van der Waals surface area contributed by atoms with Gasteiger partial charge in [-0.2, -0.15) is 0 Å². The van der Waals surface area contributed by atoms with E-state index in [1.165, 1.54) is 11.1 Å². The van der Waals surface area contributed by atoms with E-state index in [0.717, 1.165) is 50.4 Å². The van der Waals surface area contributed by atoms with Crippen molar-refractivity contribution in [2.75, 3.05) is 0 Å². The van der Waals surface area contributed by atoms with E-state index < -0.39 is 0 Å². The summed E-state index contributed by atoms with van der Waals surface area (Å²) in [4.78, 5) is 23.0. The van der Waals surface area contributed by atoms with Crippen molar-refractivity contribution < 1.29 is 14.3 Å². The van der Waals surface area contributed by atoms with E-state index in [0.29, 0.717) is 5.57 Å². The Balaban J connectivity index is 2.21. The molecule has 0 bridgehead atoms. The number of rotatable bonds is 1. The Morgan fingerprint density at radius 1 is 1.13 bits per heavy atom. The number of aldehydes is 1. The normalized spacial score (nSPS) is 33.9. The van der Waals surface area contributed by atoms with Crippen LogP contribution in [0, 0.1) is 5.92 Å². The summed E-state index contributed by atoms with van der Waals surface area (Å²) in [5.41, 5.74) is 3.95. The highest BCUT2D eigenvalue weighted by Crippen LogP contribution is 2.33. The van der Waals surface area contributed by atoms with Crippen LogP contribution in [0.5, 0.6) is 0 Å². The molecule has 2 aliphatic rings. The van der Waals surface area contributed by atoms with Crippen LogP contribution in [0.4, 0.5) is 0 Å². The fourth-order valence-electron chi connectivity index (χ4n) is 3.15. The van der Waals surface area contributed by atoms with E-state index in [-0.39, 0.29) is 18.0 Å². The molecule has 1 aliphatic carbocycles. The first kappa shape index (κ1) is 17.5. The number of fused-ring (bicyclic) bond motifs is 1. The number of carbonyl (C=O) groups excluding carboxylic acids is 2. The van der Waals surface area contributed by atoms with Crippen LogP contribution in [-0.2, 0) is 14.3 Å². The molecule has 1 aliphatic heterocycles. The maximum atomic E-state index is 11.8.